The standard InChI is InChI=1S/C21H27N3O3/c1-16(2)27-20-8-6-5-7-19(20)24(17(3)25)15-21(26)23(4)14-11-18-9-12-22-13-10-18/h5-10,12-13,16H,11,14-15H2,1-4H3. The summed E-state index contributed by atoms with van der Waals surface area (Å²) in [6, 6.07) is 11.1. The van der Waals surface area contributed by atoms with Crippen molar-refractivity contribution in [3.63, 3.8) is 0 Å². The van der Waals surface area contributed by atoms with Crippen molar-refractivity contribution in [3.05, 3.63) is 54.4 Å². The number of hydrogen-bond donors (Lipinski definition) is 0. The third-order valence-corrected chi connectivity index (χ3v) is 4.10. The predicted molar refractivity (Wildman–Crippen MR) is 106 cm³/mol. The molecular formula is C21H27N3O3. The lowest BCUT2D eigenvalue weighted by atomic mass is 10.2. The third kappa shape index (κ3) is 6.09. The van der Waals surface area contributed by atoms with Crippen LogP contribution in [0.5, 0.6) is 5.75 Å². The number of nitrogens with zero attached hydrogens (tertiary/aromatic N) is 3. The van der Waals surface area contributed by atoms with E-state index in [9.17, 15) is 9.59 Å². The molecule has 0 aliphatic rings. The van der Waals surface area contributed by atoms with Gasteiger partial charge in [0, 0.05) is 32.9 Å². The number of carbonyl (C=O) groups is 2. The molecule has 0 unspecified atom stereocenters. The van der Waals surface area contributed by atoms with Crippen LogP contribution in [0.15, 0.2) is 48.8 Å². The number of aromatic nitrogens is 1. The molecule has 6 heteroatoms. The highest BCUT2D eigenvalue weighted by atomic mass is 16.5. The monoisotopic (exact) mass is 369 g/mol. The summed E-state index contributed by atoms with van der Waals surface area (Å²) in [6.45, 7) is 5.84. The Labute approximate surface area is 160 Å². The van der Waals surface area contributed by atoms with Gasteiger partial charge in [-0.2, -0.15) is 0 Å². The number of rotatable bonds is 8. The fraction of sp³-hybridized carbons (Fsp3) is 0.381. The molecule has 2 aromatic rings. The van der Waals surface area contributed by atoms with Gasteiger partial charge in [0.2, 0.25) is 11.8 Å². The van der Waals surface area contributed by atoms with E-state index in [1.165, 1.54) is 11.8 Å². The van der Waals surface area contributed by atoms with Crippen LogP contribution in [0.3, 0.4) is 0 Å². The van der Waals surface area contributed by atoms with E-state index in [4.69, 9.17) is 4.74 Å². The highest BCUT2D eigenvalue weighted by Gasteiger charge is 2.21. The molecule has 0 atom stereocenters. The van der Waals surface area contributed by atoms with Gasteiger partial charge in [0.1, 0.15) is 12.3 Å². The molecule has 144 valence electrons. The number of benzene rings is 1. The molecule has 0 N–H and O–H groups in total. The van der Waals surface area contributed by atoms with Crippen LogP contribution in [0.25, 0.3) is 0 Å². The molecule has 27 heavy (non-hydrogen) atoms. The van der Waals surface area contributed by atoms with Gasteiger partial charge >= 0.3 is 0 Å². The van der Waals surface area contributed by atoms with Crippen LogP contribution in [-0.4, -0.2) is 47.9 Å². The lowest BCUT2D eigenvalue weighted by Crippen LogP contribution is -2.41. The van der Waals surface area contributed by atoms with E-state index in [0.717, 1.165) is 12.0 Å². The Balaban J connectivity index is 2.07. The number of amides is 2. The molecule has 0 saturated carbocycles. The van der Waals surface area contributed by atoms with Crippen LogP contribution in [-0.2, 0) is 16.0 Å². The maximum absolute atomic E-state index is 12.7. The summed E-state index contributed by atoms with van der Waals surface area (Å²) in [5.41, 5.74) is 1.72. The Hall–Kier alpha value is -2.89. The molecule has 0 aliphatic carbocycles. The van der Waals surface area contributed by atoms with E-state index in [-0.39, 0.29) is 24.5 Å². The van der Waals surface area contributed by atoms with Gasteiger partial charge in [0.25, 0.3) is 0 Å². The topological polar surface area (TPSA) is 62.7 Å². The molecular weight excluding hydrogens is 342 g/mol. The highest BCUT2D eigenvalue weighted by Crippen LogP contribution is 2.29. The Morgan fingerprint density at radius 2 is 1.78 bits per heavy atom. The second-order valence-corrected chi connectivity index (χ2v) is 6.66. The first-order valence-corrected chi connectivity index (χ1v) is 9.05. The average molecular weight is 369 g/mol. The van der Waals surface area contributed by atoms with E-state index in [1.54, 1.807) is 30.4 Å². The largest absolute Gasteiger partial charge is 0.489 e. The summed E-state index contributed by atoms with van der Waals surface area (Å²) in [7, 11) is 1.75. The van der Waals surface area contributed by atoms with Crippen molar-refractivity contribution in [2.75, 3.05) is 25.0 Å². The van der Waals surface area contributed by atoms with Crippen LogP contribution in [0.4, 0.5) is 5.69 Å². The zero-order chi connectivity index (χ0) is 19.8. The second kappa shape index (κ2) is 9.71. The molecule has 1 aromatic carbocycles. The summed E-state index contributed by atoms with van der Waals surface area (Å²) in [5, 5.41) is 0. The van der Waals surface area contributed by atoms with Gasteiger partial charge in [-0.1, -0.05) is 12.1 Å². The number of carbonyl (C=O) groups excluding carboxylic acids is 2. The first-order valence-electron chi connectivity index (χ1n) is 9.05. The molecule has 2 rings (SSSR count). The van der Waals surface area contributed by atoms with Crippen LogP contribution in [0, 0.1) is 0 Å². The van der Waals surface area contributed by atoms with Crippen LogP contribution >= 0.6 is 0 Å². The fourth-order valence-corrected chi connectivity index (χ4v) is 2.63. The molecule has 0 radical (unpaired) electrons. The zero-order valence-electron chi connectivity index (χ0n) is 16.4. The van der Waals surface area contributed by atoms with Crippen molar-refractivity contribution in [2.45, 2.75) is 33.3 Å². The molecule has 0 aliphatic heterocycles. The molecule has 0 spiro atoms. The normalized spacial score (nSPS) is 10.6. The summed E-state index contributed by atoms with van der Waals surface area (Å²) in [6.07, 6.45) is 4.18. The van der Waals surface area contributed by atoms with E-state index in [0.29, 0.717) is 18.0 Å². The lowest BCUT2D eigenvalue weighted by Gasteiger charge is -2.26. The zero-order valence-corrected chi connectivity index (χ0v) is 16.4. The number of ether oxygens (including phenoxy) is 1. The minimum absolute atomic E-state index is 0.0271. The summed E-state index contributed by atoms with van der Waals surface area (Å²) in [4.78, 5) is 32.0. The van der Waals surface area contributed by atoms with Crippen molar-refractivity contribution in [3.8, 4) is 5.75 Å². The Bertz CT molecular complexity index is 762. The van der Waals surface area contributed by atoms with Crippen molar-refractivity contribution in [2.24, 2.45) is 0 Å². The quantitative estimate of drug-likeness (QED) is 0.718. The maximum atomic E-state index is 12.7. The van der Waals surface area contributed by atoms with Crippen molar-refractivity contribution >= 4 is 17.5 Å². The molecule has 0 bridgehead atoms. The first kappa shape index (κ1) is 20.4. The number of hydrogen-bond acceptors (Lipinski definition) is 4. The Morgan fingerprint density at radius 1 is 1.11 bits per heavy atom. The minimum atomic E-state index is -0.203. The molecule has 0 saturated heterocycles. The third-order valence-electron chi connectivity index (χ3n) is 4.10. The SMILES string of the molecule is CC(=O)N(CC(=O)N(C)CCc1ccncc1)c1ccccc1OC(C)C. The smallest absolute Gasteiger partial charge is 0.242 e. The average Bonchev–Trinajstić information content (AvgIpc) is 2.64. The molecule has 1 aromatic heterocycles. The van der Waals surface area contributed by atoms with E-state index < -0.39 is 0 Å². The van der Waals surface area contributed by atoms with Gasteiger partial charge in [-0.3, -0.25) is 19.5 Å². The Kier molecular flexibility index (Phi) is 7.34. The number of pyridine rings is 1. The van der Waals surface area contributed by atoms with E-state index in [2.05, 4.69) is 4.98 Å². The van der Waals surface area contributed by atoms with E-state index >= 15 is 0 Å². The summed E-state index contributed by atoms with van der Waals surface area (Å²) in [5.74, 6) is 0.263. The van der Waals surface area contributed by atoms with Gasteiger partial charge < -0.3 is 9.64 Å². The number of anilines is 1. The molecule has 6 nitrogen and oxygen atoms in total. The second-order valence-electron chi connectivity index (χ2n) is 6.66. The van der Waals surface area contributed by atoms with Gasteiger partial charge in [0.15, 0.2) is 0 Å². The highest BCUT2D eigenvalue weighted by molar-refractivity contribution is 5.98. The minimum Gasteiger partial charge on any atom is -0.489 e. The first-order chi connectivity index (χ1) is 12.9. The van der Waals surface area contributed by atoms with Gasteiger partial charge in [-0.05, 0) is 50.1 Å². The predicted octanol–water partition coefficient (Wildman–Crippen LogP) is 2.92. The molecule has 2 amide bonds. The maximum Gasteiger partial charge on any atom is 0.242 e. The van der Waals surface area contributed by atoms with Crippen LogP contribution < -0.4 is 9.64 Å². The van der Waals surface area contributed by atoms with Crippen molar-refractivity contribution < 1.29 is 14.3 Å². The van der Waals surface area contributed by atoms with Gasteiger partial charge in [0.05, 0.1) is 11.8 Å². The molecule has 0 fully saturated rings. The van der Waals surface area contributed by atoms with E-state index in [1.807, 2.05) is 44.2 Å². The van der Waals surface area contributed by atoms with Crippen molar-refractivity contribution in [1.82, 2.24) is 9.88 Å². The fourth-order valence-electron chi connectivity index (χ4n) is 2.63. The van der Waals surface area contributed by atoms with Gasteiger partial charge in [-0.15, -0.1) is 0 Å². The summed E-state index contributed by atoms with van der Waals surface area (Å²) >= 11 is 0. The van der Waals surface area contributed by atoms with Crippen molar-refractivity contribution in [1.29, 1.82) is 0 Å². The Morgan fingerprint density at radius 3 is 2.41 bits per heavy atom. The summed E-state index contributed by atoms with van der Waals surface area (Å²) < 4.78 is 5.80. The molecule has 1 heterocycles. The van der Waals surface area contributed by atoms with Crippen LogP contribution in [0.2, 0.25) is 0 Å². The van der Waals surface area contributed by atoms with Gasteiger partial charge in [-0.25, -0.2) is 0 Å². The number of para-hydroxylation sites is 2. The lowest BCUT2D eigenvalue weighted by molar-refractivity contribution is -0.130. The van der Waals surface area contributed by atoms with Crippen LogP contribution in [0.1, 0.15) is 26.3 Å². The number of likely N-dealkylation sites (N-methyl/N-ethyl adjacent to an activating group) is 1.